The number of benzene rings is 3. The summed E-state index contributed by atoms with van der Waals surface area (Å²) in [7, 11) is -1.03. The Kier molecular flexibility index (Phi) is 5.93. The first kappa shape index (κ1) is 19.2. The summed E-state index contributed by atoms with van der Waals surface area (Å²) in [5, 5.41) is 7.05. The third-order valence-electron chi connectivity index (χ3n) is 4.37. The Bertz CT molecular complexity index is 1150. The summed E-state index contributed by atoms with van der Waals surface area (Å²) in [4.78, 5) is 5.40. The third kappa shape index (κ3) is 4.67. The molecule has 3 aromatic carbocycles. The van der Waals surface area contributed by atoms with Gasteiger partial charge in [0, 0.05) is 22.1 Å². The highest BCUT2D eigenvalue weighted by atomic mass is 32.2. The molecule has 1 heterocycles. The average Bonchev–Trinajstić information content (AvgIpc) is 3.24. The molecule has 4 nitrogen and oxygen atoms in total. The van der Waals surface area contributed by atoms with Crippen LogP contribution in [0.5, 0.6) is 0 Å². The number of hydrazone groups is 1. The molecule has 0 saturated carbocycles. The zero-order valence-electron chi connectivity index (χ0n) is 15.8. The van der Waals surface area contributed by atoms with Crippen LogP contribution >= 0.6 is 11.3 Å². The second-order valence-corrected chi connectivity index (χ2v) is 8.55. The minimum atomic E-state index is -1.03. The van der Waals surface area contributed by atoms with Gasteiger partial charge in [-0.1, -0.05) is 72.8 Å². The van der Waals surface area contributed by atoms with Crippen LogP contribution in [0.3, 0.4) is 0 Å². The van der Waals surface area contributed by atoms with Gasteiger partial charge in [-0.05, 0) is 22.8 Å². The maximum atomic E-state index is 12.0. The molecule has 6 heteroatoms. The molecule has 0 saturated heterocycles. The van der Waals surface area contributed by atoms with Crippen LogP contribution in [0.2, 0.25) is 0 Å². The topological polar surface area (TPSA) is 54.4 Å². The summed E-state index contributed by atoms with van der Waals surface area (Å²) in [5.74, 6) is 0. The molecule has 1 unspecified atom stereocenters. The van der Waals surface area contributed by atoms with E-state index in [0.29, 0.717) is 0 Å². The minimum Gasteiger partial charge on any atom is -0.255 e. The molecule has 4 aromatic rings. The van der Waals surface area contributed by atoms with Crippen molar-refractivity contribution in [1.29, 1.82) is 0 Å². The van der Waals surface area contributed by atoms with Gasteiger partial charge in [0.25, 0.3) is 0 Å². The largest absolute Gasteiger partial charge is 0.255 e. The normalized spacial score (nSPS) is 12.2. The first-order valence-corrected chi connectivity index (χ1v) is 11.5. The molecule has 0 fully saturated rings. The lowest BCUT2D eigenvalue weighted by Crippen LogP contribution is -1.93. The number of thiazole rings is 1. The Labute approximate surface area is 176 Å². The SMILES string of the molecule is CS(=O)c1ccccc1-c1ccc(C=NNc2nc(-c3ccccc3)cs2)cc1. The minimum absolute atomic E-state index is 0.746. The second kappa shape index (κ2) is 8.94. The third-order valence-corrected chi connectivity index (χ3v) is 6.09. The molecule has 1 aromatic heterocycles. The summed E-state index contributed by atoms with van der Waals surface area (Å²) in [6.07, 6.45) is 3.46. The van der Waals surface area contributed by atoms with Crippen molar-refractivity contribution in [2.75, 3.05) is 11.7 Å². The highest BCUT2D eigenvalue weighted by Gasteiger charge is 2.07. The van der Waals surface area contributed by atoms with Gasteiger partial charge in [0.05, 0.1) is 22.7 Å². The fraction of sp³-hybridized carbons (Fsp3) is 0.0435. The molecule has 1 N–H and O–H groups in total. The fourth-order valence-corrected chi connectivity index (χ4v) is 4.37. The number of rotatable bonds is 6. The Morgan fingerprint density at radius 2 is 1.66 bits per heavy atom. The Hall–Kier alpha value is -3.09. The lowest BCUT2D eigenvalue weighted by atomic mass is 10.0. The Morgan fingerprint density at radius 3 is 2.41 bits per heavy atom. The molecule has 0 aliphatic carbocycles. The van der Waals surface area contributed by atoms with E-state index in [4.69, 9.17) is 0 Å². The first-order chi connectivity index (χ1) is 14.2. The van der Waals surface area contributed by atoms with Crippen molar-refractivity contribution in [3.05, 3.63) is 89.8 Å². The zero-order valence-corrected chi connectivity index (χ0v) is 17.4. The summed E-state index contributed by atoms with van der Waals surface area (Å²) >= 11 is 1.52. The van der Waals surface area contributed by atoms with E-state index in [0.717, 1.165) is 38.0 Å². The monoisotopic (exact) mass is 417 g/mol. The highest BCUT2D eigenvalue weighted by molar-refractivity contribution is 7.84. The fourth-order valence-electron chi connectivity index (χ4n) is 2.93. The van der Waals surface area contributed by atoms with Crippen molar-refractivity contribution >= 4 is 33.5 Å². The summed E-state index contributed by atoms with van der Waals surface area (Å²) in [5.41, 5.74) is 8.01. The number of hydrogen-bond acceptors (Lipinski definition) is 5. The van der Waals surface area contributed by atoms with Crippen LogP contribution in [-0.2, 0) is 10.8 Å². The zero-order chi connectivity index (χ0) is 20.1. The molecular weight excluding hydrogens is 398 g/mol. The van der Waals surface area contributed by atoms with E-state index >= 15 is 0 Å². The van der Waals surface area contributed by atoms with E-state index < -0.39 is 10.8 Å². The van der Waals surface area contributed by atoms with Crippen molar-refractivity contribution in [2.45, 2.75) is 4.90 Å². The van der Waals surface area contributed by atoms with Crippen LogP contribution in [-0.4, -0.2) is 21.7 Å². The van der Waals surface area contributed by atoms with Gasteiger partial charge in [-0.15, -0.1) is 11.3 Å². The van der Waals surface area contributed by atoms with E-state index in [1.54, 1.807) is 12.5 Å². The average molecular weight is 418 g/mol. The molecule has 0 amide bonds. The lowest BCUT2D eigenvalue weighted by molar-refractivity contribution is 0.687. The standard InChI is InChI=1S/C23H19N3OS2/c1-29(27)22-10-6-5-9-20(22)18-13-11-17(12-14-18)15-24-26-23-25-21(16-28-23)19-7-3-2-4-8-19/h2-16H,1H3,(H,25,26). The van der Waals surface area contributed by atoms with Gasteiger partial charge in [-0.2, -0.15) is 5.10 Å². The second-order valence-electron chi connectivity index (χ2n) is 6.35. The van der Waals surface area contributed by atoms with Crippen LogP contribution in [0.25, 0.3) is 22.4 Å². The number of nitrogens with one attached hydrogen (secondary N) is 1. The molecule has 0 bridgehead atoms. The molecule has 0 radical (unpaired) electrons. The molecule has 144 valence electrons. The van der Waals surface area contributed by atoms with E-state index in [2.05, 4.69) is 15.5 Å². The molecule has 29 heavy (non-hydrogen) atoms. The Balaban J connectivity index is 1.44. The molecule has 0 aliphatic heterocycles. The predicted octanol–water partition coefficient (Wildman–Crippen LogP) is 5.66. The molecule has 0 spiro atoms. The van der Waals surface area contributed by atoms with Crippen LogP contribution in [0.4, 0.5) is 5.13 Å². The van der Waals surface area contributed by atoms with Crippen LogP contribution in [0.15, 0.2) is 94.2 Å². The van der Waals surface area contributed by atoms with Gasteiger partial charge in [-0.25, -0.2) is 4.98 Å². The summed E-state index contributed by atoms with van der Waals surface area (Å²) < 4.78 is 12.0. The molecule has 0 aliphatic rings. The van der Waals surface area contributed by atoms with Gasteiger partial charge in [0.2, 0.25) is 5.13 Å². The Morgan fingerprint density at radius 1 is 0.931 bits per heavy atom. The van der Waals surface area contributed by atoms with Gasteiger partial charge < -0.3 is 0 Å². The van der Waals surface area contributed by atoms with E-state index in [1.807, 2.05) is 84.2 Å². The van der Waals surface area contributed by atoms with Gasteiger partial charge in [-0.3, -0.25) is 9.63 Å². The van der Waals surface area contributed by atoms with E-state index in [-0.39, 0.29) is 0 Å². The van der Waals surface area contributed by atoms with Crippen LogP contribution in [0, 0.1) is 0 Å². The number of nitrogens with zero attached hydrogens (tertiary/aromatic N) is 2. The van der Waals surface area contributed by atoms with E-state index in [9.17, 15) is 4.21 Å². The van der Waals surface area contributed by atoms with Crippen molar-refractivity contribution in [3.8, 4) is 22.4 Å². The summed E-state index contributed by atoms with van der Waals surface area (Å²) in [6.45, 7) is 0. The van der Waals surface area contributed by atoms with Crippen LogP contribution < -0.4 is 5.43 Å². The lowest BCUT2D eigenvalue weighted by Gasteiger charge is -2.07. The number of anilines is 1. The van der Waals surface area contributed by atoms with Gasteiger partial charge in [0.15, 0.2) is 0 Å². The highest BCUT2D eigenvalue weighted by Crippen LogP contribution is 2.26. The number of aromatic nitrogens is 1. The van der Waals surface area contributed by atoms with E-state index in [1.165, 1.54) is 11.3 Å². The van der Waals surface area contributed by atoms with Crippen molar-refractivity contribution < 1.29 is 4.21 Å². The predicted molar refractivity (Wildman–Crippen MR) is 123 cm³/mol. The van der Waals surface area contributed by atoms with Crippen molar-refractivity contribution in [3.63, 3.8) is 0 Å². The maximum Gasteiger partial charge on any atom is 0.203 e. The molecule has 1 atom stereocenters. The first-order valence-electron chi connectivity index (χ1n) is 9.03. The quantitative estimate of drug-likeness (QED) is 0.325. The van der Waals surface area contributed by atoms with Gasteiger partial charge >= 0.3 is 0 Å². The smallest absolute Gasteiger partial charge is 0.203 e. The number of hydrogen-bond donors (Lipinski definition) is 1. The summed E-state index contributed by atoms with van der Waals surface area (Å²) in [6, 6.07) is 25.9. The maximum absolute atomic E-state index is 12.0. The molecule has 4 rings (SSSR count). The van der Waals surface area contributed by atoms with Crippen molar-refractivity contribution in [2.24, 2.45) is 5.10 Å². The van der Waals surface area contributed by atoms with Crippen LogP contribution in [0.1, 0.15) is 5.56 Å². The van der Waals surface area contributed by atoms with Crippen molar-refractivity contribution in [1.82, 2.24) is 4.98 Å². The molecular formula is C23H19N3OS2. The van der Waals surface area contributed by atoms with Gasteiger partial charge in [0.1, 0.15) is 0 Å².